The molecule has 3 rings (SSSR count). The zero-order valence-corrected chi connectivity index (χ0v) is 13.0. The highest BCUT2D eigenvalue weighted by Crippen LogP contribution is 2.25. The normalized spacial score (nSPS) is 12.5. The molecule has 108 valence electrons. The molecule has 0 saturated carbocycles. The van der Waals surface area contributed by atoms with Crippen LogP contribution in [0.5, 0.6) is 0 Å². The van der Waals surface area contributed by atoms with Crippen LogP contribution in [-0.4, -0.2) is 4.98 Å². The van der Waals surface area contributed by atoms with E-state index in [4.69, 9.17) is 10.2 Å². The molecule has 0 spiro atoms. The third-order valence-electron chi connectivity index (χ3n) is 3.68. The molecule has 0 aliphatic carbocycles. The fraction of sp³-hybridized carbons (Fsp3) is 0.235. The van der Waals surface area contributed by atoms with Crippen LogP contribution in [-0.2, 0) is 6.42 Å². The summed E-state index contributed by atoms with van der Waals surface area (Å²) in [5, 5.41) is 3.05. The highest BCUT2D eigenvalue weighted by molar-refractivity contribution is 7.09. The van der Waals surface area contributed by atoms with E-state index in [2.05, 4.69) is 37.0 Å². The van der Waals surface area contributed by atoms with E-state index in [0.717, 1.165) is 28.4 Å². The molecular weight excluding hydrogens is 280 g/mol. The van der Waals surface area contributed by atoms with Gasteiger partial charge in [0.1, 0.15) is 5.69 Å². The third-order valence-corrected chi connectivity index (χ3v) is 4.55. The Kier molecular flexibility index (Phi) is 3.90. The first kappa shape index (κ1) is 14.0. The summed E-state index contributed by atoms with van der Waals surface area (Å²) in [6.07, 6.45) is 2.41. The van der Waals surface area contributed by atoms with E-state index in [9.17, 15) is 0 Å². The van der Waals surface area contributed by atoms with E-state index >= 15 is 0 Å². The van der Waals surface area contributed by atoms with E-state index in [1.807, 2.05) is 17.5 Å². The van der Waals surface area contributed by atoms with Crippen LogP contribution in [0.1, 0.15) is 27.7 Å². The van der Waals surface area contributed by atoms with Gasteiger partial charge in [-0.25, -0.2) is 4.98 Å². The zero-order valence-electron chi connectivity index (χ0n) is 12.2. The molecule has 0 bridgehead atoms. The van der Waals surface area contributed by atoms with Gasteiger partial charge in [-0.1, -0.05) is 18.2 Å². The second-order valence-electron chi connectivity index (χ2n) is 5.26. The van der Waals surface area contributed by atoms with Crippen molar-refractivity contribution in [2.24, 2.45) is 5.73 Å². The molecular formula is C17H18N2OS. The number of aryl methyl sites for hydroxylation is 2. The number of rotatable bonds is 4. The van der Waals surface area contributed by atoms with Crippen LogP contribution in [0, 0.1) is 13.8 Å². The van der Waals surface area contributed by atoms with E-state index in [0.29, 0.717) is 0 Å². The van der Waals surface area contributed by atoms with Crippen molar-refractivity contribution < 1.29 is 4.42 Å². The fourth-order valence-electron chi connectivity index (χ4n) is 2.24. The minimum absolute atomic E-state index is 0.0279. The van der Waals surface area contributed by atoms with Crippen molar-refractivity contribution in [1.82, 2.24) is 4.98 Å². The van der Waals surface area contributed by atoms with Crippen LogP contribution >= 0.6 is 11.3 Å². The van der Waals surface area contributed by atoms with Crippen LogP contribution in [0.15, 0.2) is 46.4 Å². The molecule has 0 saturated heterocycles. The van der Waals surface area contributed by atoms with Gasteiger partial charge in [-0.3, -0.25) is 0 Å². The monoisotopic (exact) mass is 298 g/mol. The fourth-order valence-corrected chi connectivity index (χ4v) is 3.09. The van der Waals surface area contributed by atoms with E-state index in [1.54, 1.807) is 17.6 Å². The molecule has 2 N–H and O–H groups in total. The lowest BCUT2D eigenvalue weighted by Gasteiger charge is -2.12. The van der Waals surface area contributed by atoms with Gasteiger partial charge in [-0.15, -0.1) is 11.3 Å². The van der Waals surface area contributed by atoms with Crippen molar-refractivity contribution >= 4 is 11.3 Å². The molecule has 1 unspecified atom stereocenters. The maximum absolute atomic E-state index is 6.32. The van der Waals surface area contributed by atoms with Crippen molar-refractivity contribution in [3.63, 3.8) is 0 Å². The molecule has 1 atom stereocenters. The minimum atomic E-state index is -0.0279. The van der Waals surface area contributed by atoms with Crippen LogP contribution in [0.4, 0.5) is 0 Å². The summed E-state index contributed by atoms with van der Waals surface area (Å²) in [6, 6.07) is 10.2. The van der Waals surface area contributed by atoms with Gasteiger partial charge >= 0.3 is 0 Å². The summed E-state index contributed by atoms with van der Waals surface area (Å²) in [5.41, 5.74) is 10.9. The molecule has 3 aromatic rings. The Labute approximate surface area is 128 Å². The molecule has 2 aromatic heterocycles. The van der Waals surface area contributed by atoms with Crippen molar-refractivity contribution in [1.29, 1.82) is 0 Å². The topological polar surface area (TPSA) is 52.0 Å². The smallest absolute Gasteiger partial charge is 0.153 e. The van der Waals surface area contributed by atoms with Gasteiger partial charge in [-0.05, 0) is 42.7 Å². The van der Waals surface area contributed by atoms with Crippen LogP contribution in [0.2, 0.25) is 0 Å². The Hall–Kier alpha value is -1.91. The Morgan fingerprint density at radius 1 is 1.24 bits per heavy atom. The first-order chi connectivity index (χ1) is 10.1. The van der Waals surface area contributed by atoms with Gasteiger partial charge in [-0.2, -0.15) is 0 Å². The van der Waals surface area contributed by atoms with E-state index < -0.39 is 0 Å². The Balaban J connectivity index is 1.75. The second-order valence-corrected chi connectivity index (χ2v) is 6.20. The maximum Gasteiger partial charge on any atom is 0.153 e. The summed E-state index contributed by atoms with van der Waals surface area (Å²) in [7, 11) is 0. The number of aromatic nitrogens is 1. The highest BCUT2D eigenvalue weighted by atomic mass is 32.1. The van der Waals surface area contributed by atoms with Gasteiger partial charge in [0.05, 0.1) is 11.3 Å². The van der Waals surface area contributed by atoms with Gasteiger partial charge in [0.15, 0.2) is 5.76 Å². The molecule has 1 aromatic carbocycles. The number of hydrogen-bond donors (Lipinski definition) is 1. The van der Waals surface area contributed by atoms with Crippen molar-refractivity contribution in [3.8, 4) is 11.5 Å². The van der Waals surface area contributed by atoms with Crippen LogP contribution < -0.4 is 5.73 Å². The first-order valence-corrected chi connectivity index (χ1v) is 7.82. The lowest BCUT2D eigenvalue weighted by atomic mass is 10.00. The summed E-state index contributed by atoms with van der Waals surface area (Å²) < 4.78 is 5.36. The quantitative estimate of drug-likeness (QED) is 0.783. The summed E-state index contributed by atoms with van der Waals surface area (Å²) >= 11 is 1.63. The van der Waals surface area contributed by atoms with Gasteiger partial charge in [0.25, 0.3) is 0 Å². The molecule has 0 radical (unpaired) electrons. The molecule has 4 heteroatoms. The summed E-state index contributed by atoms with van der Waals surface area (Å²) in [6.45, 7) is 4.23. The minimum Gasteiger partial charge on any atom is -0.463 e. The molecule has 3 nitrogen and oxygen atoms in total. The molecule has 0 fully saturated rings. The van der Waals surface area contributed by atoms with Crippen molar-refractivity contribution in [2.45, 2.75) is 26.3 Å². The Morgan fingerprint density at radius 3 is 2.81 bits per heavy atom. The number of thiazole rings is 1. The number of nitrogens with zero attached hydrogens (tertiary/aromatic N) is 1. The van der Waals surface area contributed by atoms with Crippen LogP contribution in [0.25, 0.3) is 11.5 Å². The predicted octanol–water partition coefficient (Wildman–Crippen LogP) is 4.26. The Bertz CT molecular complexity index is 731. The summed E-state index contributed by atoms with van der Waals surface area (Å²) in [4.78, 5) is 4.60. The maximum atomic E-state index is 6.32. The number of hydrogen-bond acceptors (Lipinski definition) is 4. The lowest BCUT2D eigenvalue weighted by Crippen LogP contribution is -2.13. The average Bonchev–Trinajstić information content (AvgIpc) is 3.12. The SMILES string of the molecule is Cc1ccc(C(N)Cc2nc(-c3ccco3)cs2)cc1C. The highest BCUT2D eigenvalue weighted by Gasteiger charge is 2.12. The second kappa shape index (κ2) is 5.84. The third kappa shape index (κ3) is 3.06. The number of furan rings is 1. The predicted molar refractivity (Wildman–Crippen MR) is 86.4 cm³/mol. The zero-order chi connectivity index (χ0) is 14.8. The van der Waals surface area contributed by atoms with Gasteiger partial charge < -0.3 is 10.2 Å². The Morgan fingerprint density at radius 2 is 2.10 bits per heavy atom. The van der Waals surface area contributed by atoms with E-state index in [1.165, 1.54) is 11.1 Å². The van der Waals surface area contributed by atoms with Gasteiger partial charge in [0.2, 0.25) is 0 Å². The largest absolute Gasteiger partial charge is 0.463 e. The number of nitrogens with two attached hydrogens (primary N) is 1. The number of benzene rings is 1. The summed E-state index contributed by atoms with van der Waals surface area (Å²) in [5.74, 6) is 0.803. The van der Waals surface area contributed by atoms with Crippen molar-refractivity contribution in [3.05, 3.63) is 63.7 Å². The molecule has 2 heterocycles. The molecule has 0 aliphatic rings. The van der Waals surface area contributed by atoms with Crippen molar-refractivity contribution in [2.75, 3.05) is 0 Å². The molecule has 0 aliphatic heterocycles. The van der Waals surface area contributed by atoms with E-state index in [-0.39, 0.29) is 6.04 Å². The molecule has 0 amide bonds. The first-order valence-electron chi connectivity index (χ1n) is 6.94. The van der Waals surface area contributed by atoms with Crippen LogP contribution in [0.3, 0.4) is 0 Å². The van der Waals surface area contributed by atoms with Gasteiger partial charge in [0, 0.05) is 17.8 Å². The average molecular weight is 298 g/mol. The lowest BCUT2D eigenvalue weighted by molar-refractivity contribution is 0.580. The molecule has 21 heavy (non-hydrogen) atoms. The standard InChI is InChI=1S/C17H18N2OS/c1-11-5-6-13(8-12(11)2)14(18)9-17-19-15(10-21-17)16-4-3-7-20-16/h3-8,10,14H,9,18H2,1-2H3.